The monoisotopic (exact) mass is 884 g/mol. The van der Waals surface area contributed by atoms with Crippen LogP contribution < -0.4 is 0 Å². The molecule has 0 aromatic carbocycles. The van der Waals surface area contributed by atoms with Crippen LogP contribution in [0.25, 0.3) is 0 Å². The van der Waals surface area contributed by atoms with Crippen LogP contribution in [0.3, 0.4) is 0 Å². The molecular formula is C40H76HgO4P2+2. The molecule has 0 heterocycles. The molecule has 47 heavy (non-hydrogen) atoms. The Bertz CT molecular complexity index is 632. The summed E-state index contributed by atoms with van der Waals surface area (Å²) < 4.78 is 0. The summed E-state index contributed by atoms with van der Waals surface area (Å²) in [5.41, 5.74) is 7.36. The summed E-state index contributed by atoms with van der Waals surface area (Å²) in [7, 11) is -0.0930. The van der Waals surface area contributed by atoms with E-state index in [9.17, 15) is 0 Å². The van der Waals surface area contributed by atoms with Crippen LogP contribution in [0.5, 0.6) is 0 Å². The molecule has 6 rings (SSSR count). The predicted octanol–water partition coefficient (Wildman–Crippen LogP) is 12.6. The molecule has 2 N–H and O–H groups in total. The molecule has 0 unspecified atom stereocenters. The maximum absolute atomic E-state index is 9.00. The van der Waals surface area contributed by atoms with Crippen molar-refractivity contribution in [3.05, 3.63) is 0 Å². The van der Waals surface area contributed by atoms with Gasteiger partial charge < -0.3 is 10.2 Å². The number of carboxylic acids is 2. The second-order valence-electron chi connectivity index (χ2n) is 16.0. The first-order valence-electron chi connectivity index (χ1n) is 20.5. The van der Waals surface area contributed by atoms with E-state index in [1.54, 1.807) is 193 Å². The van der Waals surface area contributed by atoms with E-state index >= 15 is 0 Å². The van der Waals surface area contributed by atoms with Crippen LogP contribution in [0.15, 0.2) is 0 Å². The Kier molecular flexibility index (Phi) is 24.8. The fourth-order valence-electron chi connectivity index (χ4n) is 10.6. The molecule has 6 aliphatic carbocycles. The number of carbonyl (C=O) groups is 2. The van der Waals surface area contributed by atoms with E-state index < -0.39 is 11.9 Å². The van der Waals surface area contributed by atoms with Gasteiger partial charge in [-0.15, -0.1) is 0 Å². The molecule has 6 fully saturated rings. The number of hydrogen-bond acceptors (Lipinski definition) is 2. The largest absolute Gasteiger partial charge is 0.481 e. The van der Waals surface area contributed by atoms with E-state index in [1.807, 2.05) is 0 Å². The second-order valence-corrected chi connectivity index (χ2v) is 22.9. The van der Waals surface area contributed by atoms with Gasteiger partial charge in [0.1, 0.15) is 0 Å². The molecule has 0 aromatic heterocycles. The first kappa shape index (κ1) is 43.9. The zero-order chi connectivity index (χ0) is 33.0. The molecule has 0 atom stereocenters. The zero-order valence-electron chi connectivity index (χ0n) is 31.1. The number of aliphatic carboxylic acids is 2. The molecule has 0 aliphatic heterocycles. The van der Waals surface area contributed by atoms with Gasteiger partial charge in [-0.05, 0) is 154 Å². The summed E-state index contributed by atoms with van der Waals surface area (Å²) in [6, 6.07) is 0. The summed E-state index contributed by atoms with van der Waals surface area (Å²) in [4.78, 5) is 18.0. The van der Waals surface area contributed by atoms with Gasteiger partial charge in [-0.25, -0.2) is 0 Å². The van der Waals surface area contributed by atoms with E-state index in [0.717, 1.165) is 13.8 Å². The van der Waals surface area contributed by atoms with Crippen molar-refractivity contribution in [1.82, 2.24) is 0 Å². The number of carboxylic acid groups (broad SMARTS) is 2. The van der Waals surface area contributed by atoms with Crippen molar-refractivity contribution in [1.29, 1.82) is 0 Å². The Morgan fingerprint density at radius 2 is 0.447 bits per heavy atom. The van der Waals surface area contributed by atoms with Gasteiger partial charge in [-0.2, -0.15) is 0 Å². The van der Waals surface area contributed by atoms with E-state index in [2.05, 4.69) is 0 Å². The molecule has 0 spiro atoms. The van der Waals surface area contributed by atoms with E-state index in [1.165, 1.54) is 34.0 Å². The Morgan fingerprint density at radius 3 is 0.553 bits per heavy atom. The standard InChI is InChI=1S/2C18H33P.2C2H4O2.Hg/c2*1-4-10-16(11-5-1)19(17-12-6-2-7-13-17)18-14-8-3-9-15-18;2*1-2(3)4;/h2*16-18H,1-15H2;2*1H3,(H,3,4);/p+2. The summed E-state index contributed by atoms with van der Waals surface area (Å²) in [5.74, 6) is -1.67. The fraction of sp³-hybridized carbons (Fsp3) is 0.950. The van der Waals surface area contributed by atoms with Crippen molar-refractivity contribution in [2.75, 3.05) is 0 Å². The van der Waals surface area contributed by atoms with Crippen LogP contribution in [-0.4, -0.2) is 56.1 Å². The minimum absolute atomic E-state index is 0. The molecule has 7 heteroatoms. The molecule has 270 valence electrons. The van der Waals surface area contributed by atoms with Gasteiger partial charge in [0.25, 0.3) is 11.9 Å². The molecule has 4 nitrogen and oxygen atoms in total. The average Bonchev–Trinajstić information content (AvgIpc) is 3.08. The van der Waals surface area contributed by atoms with Gasteiger partial charge in [-0.1, -0.05) is 38.5 Å². The quantitative estimate of drug-likeness (QED) is 0.206. The minimum atomic E-state index is -0.833. The van der Waals surface area contributed by atoms with Crippen molar-refractivity contribution in [3.8, 4) is 0 Å². The van der Waals surface area contributed by atoms with Gasteiger partial charge >= 0.3 is 0 Å². The van der Waals surface area contributed by atoms with Crippen molar-refractivity contribution >= 4 is 27.8 Å². The Hall–Kier alpha value is 0.735. The molecule has 0 bridgehead atoms. The first-order valence-corrected chi connectivity index (χ1v) is 24.0. The fourth-order valence-corrected chi connectivity index (χ4v) is 21.1. The summed E-state index contributed by atoms with van der Waals surface area (Å²) in [6.45, 7) is 2.17. The third kappa shape index (κ3) is 17.7. The smallest absolute Gasteiger partial charge is 0.300 e. The van der Waals surface area contributed by atoms with Crippen LogP contribution >= 0.6 is 15.8 Å². The third-order valence-electron chi connectivity index (χ3n) is 12.5. The van der Waals surface area contributed by atoms with Crippen molar-refractivity contribution in [2.24, 2.45) is 0 Å². The van der Waals surface area contributed by atoms with Gasteiger partial charge in [0.2, 0.25) is 0 Å². The van der Waals surface area contributed by atoms with E-state index in [4.69, 9.17) is 19.8 Å². The molecule has 6 saturated carbocycles. The molecule has 6 aliphatic rings. The van der Waals surface area contributed by atoms with Gasteiger partial charge in [-0.3, -0.25) is 9.59 Å². The van der Waals surface area contributed by atoms with Gasteiger partial charge in [0, 0.05) is 57.4 Å². The van der Waals surface area contributed by atoms with Crippen LogP contribution in [0.2, 0.25) is 0 Å². The van der Waals surface area contributed by atoms with E-state index in [-0.39, 0.29) is 43.5 Å². The number of hydrogen-bond donors (Lipinski definition) is 2. The van der Waals surface area contributed by atoms with E-state index in [0.29, 0.717) is 0 Å². The SMILES string of the molecule is C1CCC([PH+](C2CCCCC2)C2CCCCC2)CC1.C1CCC([PH+](C2CCCCC2)C2CCCCC2)CC1.CC(=O)O.CC(=O)O.[Hg]. The normalized spacial score (nSPS) is 24.4. The van der Waals surface area contributed by atoms with Gasteiger partial charge in [0.05, 0.1) is 34.0 Å². The number of rotatable bonds is 6. The first-order chi connectivity index (χ1) is 22.4. The molecule has 0 aromatic rings. The van der Waals surface area contributed by atoms with Crippen molar-refractivity contribution < 1.29 is 47.5 Å². The molecule has 0 amide bonds. The third-order valence-corrected chi connectivity index (χ3v) is 21.6. The van der Waals surface area contributed by atoms with Crippen molar-refractivity contribution in [2.45, 2.75) is 240 Å². The molecule has 0 radical (unpaired) electrons. The van der Waals surface area contributed by atoms with Gasteiger partial charge in [0.15, 0.2) is 0 Å². The molecule has 0 saturated heterocycles. The zero-order valence-corrected chi connectivity index (χ0v) is 38.6. The average molecular weight is 884 g/mol. The van der Waals surface area contributed by atoms with Crippen LogP contribution in [0, 0.1) is 0 Å². The Morgan fingerprint density at radius 1 is 0.340 bits per heavy atom. The maximum Gasteiger partial charge on any atom is 0.300 e. The Balaban J connectivity index is 0.000000262. The van der Waals surface area contributed by atoms with Crippen LogP contribution in [0.4, 0.5) is 0 Å². The predicted molar refractivity (Wildman–Crippen MR) is 204 cm³/mol. The van der Waals surface area contributed by atoms with Crippen molar-refractivity contribution in [3.63, 3.8) is 0 Å². The maximum atomic E-state index is 9.00. The minimum Gasteiger partial charge on any atom is -0.481 e. The summed E-state index contributed by atoms with van der Waals surface area (Å²) in [6.07, 6.45) is 47.6. The summed E-state index contributed by atoms with van der Waals surface area (Å²) >= 11 is 0. The summed E-state index contributed by atoms with van der Waals surface area (Å²) in [5, 5.41) is 14.8. The Labute approximate surface area is 313 Å². The second kappa shape index (κ2) is 26.5. The molecular weight excluding hydrogens is 807 g/mol. The van der Waals surface area contributed by atoms with Crippen LogP contribution in [-0.2, 0) is 37.3 Å². The topological polar surface area (TPSA) is 74.6 Å². The van der Waals surface area contributed by atoms with Crippen LogP contribution in [0.1, 0.15) is 206 Å².